The van der Waals surface area contributed by atoms with Crippen molar-refractivity contribution < 1.29 is 27.8 Å². The zero-order valence-corrected chi connectivity index (χ0v) is 15.3. The summed E-state index contributed by atoms with van der Waals surface area (Å²) in [6, 6.07) is 9.31. The van der Waals surface area contributed by atoms with E-state index in [-0.39, 0.29) is 16.5 Å². The molecular weight excluding hydrogens is 382 g/mol. The molecular formula is C18H17ClF2N2O4. The predicted molar refractivity (Wildman–Crippen MR) is 97.3 cm³/mol. The van der Waals surface area contributed by atoms with Crippen LogP contribution in [0.5, 0.6) is 17.2 Å². The fourth-order valence-electron chi connectivity index (χ4n) is 2.12. The van der Waals surface area contributed by atoms with Gasteiger partial charge in [0.05, 0.1) is 25.0 Å². The number of methoxy groups -OCH3 is 1. The average Bonchev–Trinajstić information content (AvgIpc) is 2.64. The summed E-state index contributed by atoms with van der Waals surface area (Å²) in [5.41, 5.74) is 3.17. The summed E-state index contributed by atoms with van der Waals surface area (Å²) >= 11 is 5.94. The highest BCUT2D eigenvalue weighted by Crippen LogP contribution is 2.37. The van der Waals surface area contributed by atoms with Gasteiger partial charge in [0.1, 0.15) is 5.75 Å². The van der Waals surface area contributed by atoms with E-state index >= 15 is 0 Å². The summed E-state index contributed by atoms with van der Waals surface area (Å²) in [5, 5.41) is 3.75. The Kier molecular flexibility index (Phi) is 7.36. The Morgan fingerprint density at radius 3 is 2.59 bits per heavy atom. The second kappa shape index (κ2) is 9.72. The van der Waals surface area contributed by atoms with Crippen molar-refractivity contribution in [3.8, 4) is 17.2 Å². The van der Waals surface area contributed by atoms with Gasteiger partial charge in [-0.2, -0.15) is 13.9 Å². The molecule has 2 aromatic carbocycles. The number of nitrogens with one attached hydrogen (secondary N) is 1. The van der Waals surface area contributed by atoms with Crippen molar-refractivity contribution in [2.75, 3.05) is 13.7 Å². The summed E-state index contributed by atoms with van der Waals surface area (Å²) in [4.78, 5) is 12.0. The first-order valence-electron chi connectivity index (χ1n) is 7.83. The highest BCUT2D eigenvalue weighted by atomic mass is 35.5. The third-order valence-electron chi connectivity index (χ3n) is 3.27. The quantitative estimate of drug-likeness (QED) is 0.536. The molecule has 27 heavy (non-hydrogen) atoms. The van der Waals surface area contributed by atoms with Gasteiger partial charge in [-0.05, 0) is 48.9 Å². The molecule has 0 unspecified atom stereocenters. The van der Waals surface area contributed by atoms with Gasteiger partial charge < -0.3 is 14.2 Å². The van der Waals surface area contributed by atoms with Crippen molar-refractivity contribution in [3.63, 3.8) is 0 Å². The van der Waals surface area contributed by atoms with E-state index in [1.165, 1.54) is 25.5 Å². The number of hydrazone groups is 1. The molecule has 144 valence electrons. The Bertz CT molecular complexity index is 814. The number of nitrogens with zero attached hydrogens (tertiary/aromatic N) is 1. The zero-order valence-electron chi connectivity index (χ0n) is 14.5. The highest BCUT2D eigenvalue weighted by Gasteiger charge is 2.15. The lowest BCUT2D eigenvalue weighted by Crippen LogP contribution is -2.17. The minimum absolute atomic E-state index is 0.0158. The van der Waals surface area contributed by atoms with Gasteiger partial charge in [-0.25, -0.2) is 5.43 Å². The van der Waals surface area contributed by atoms with Crippen LogP contribution in [0.3, 0.4) is 0 Å². The number of hydrogen-bond acceptors (Lipinski definition) is 5. The Labute approximate surface area is 159 Å². The Morgan fingerprint density at radius 1 is 1.30 bits per heavy atom. The maximum Gasteiger partial charge on any atom is 0.387 e. The summed E-state index contributed by atoms with van der Waals surface area (Å²) in [6.07, 6.45) is 1.30. The van der Waals surface area contributed by atoms with E-state index in [0.29, 0.717) is 23.5 Å². The molecule has 1 N–H and O–H groups in total. The van der Waals surface area contributed by atoms with Crippen molar-refractivity contribution in [1.29, 1.82) is 0 Å². The molecule has 0 saturated carbocycles. The minimum Gasteiger partial charge on any atom is -0.494 e. The number of hydrogen-bond donors (Lipinski definition) is 1. The van der Waals surface area contributed by atoms with Gasteiger partial charge in [0, 0.05) is 5.56 Å². The first-order valence-corrected chi connectivity index (χ1v) is 8.21. The molecule has 0 aromatic heterocycles. The molecule has 2 rings (SSSR count). The fourth-order valence-corrected chi connectivity index (χ4v) is 2.38. The number of rotatable bonds is 8. The Balaban J connectivity index is 2.06. The smallest absolute Gasteiger partial charge is 0.387 e. The molecule has 0 aliphatic rings. The van der Waals surface area contributed by atoms with Crippen molar-refractivity contribution in [3.05, 3.63) is 52.5 Å². The molecule has 0 radical (unpaired) electrons. The van der Waals surface area contributed by atoms with Gasteiger partial charge in [-0.3, -0.25) is 4.79 Å². The number of alkyl halides is 2. The Hall–Kier alpha value is -2.87. The van der Waals surface area contributed by atoms with Crippen LogP contribution in [0.2, 0.25) is 5.02 Å². The molecule has 0 aliphatic heterocycles. The van der Waals surface area contributed by atoms with E-state index in [0.717, 1.165) is 0 Å². The summed E-state index contributed by atoms with van der Waals surface area (Å²) < 4.78 is 39.5. The topological polar surface area (TPSA) is 69.2 Å². The first-order chi connectivity index (χ1) is 12.9. The number of ether oxygens (including phenoxy) is 3. The Morgan fingerprint density at radius 2 is 2.00 bits per heavy atom. The molecule has 0 atom stereocenters. The third-order valence-corrected chi connectivity index (χ3v) is 3.55. The van der Waals surface area contributed by atoms with Gasteiger partial charge in [0.2, 0.25) is 0 Å². The van der Waals surface area contributed by atoms with E-state index in [9.17, 15) is 13.6 Å². The van der Waals surface area contributed by atoms with Crippen molar-refractivity contribution >= 4 is 23.7 Å². The van der Waals surface area contributed by atoms with Crippen molar-refractivity contribution in [2.24, 2.45) is 5.10 Å². The van der Waals surface area contributed by atoms with Crippen LogP contribution in [-0.2, 0) is 0 Å². The van der Waals surface area contributed by atoms with E-state index in [4.69, 9.17) is 21.1 Å². The van der Waals surface area contributed by atoms with Gasteiger partial charge in [0.25, 0.3) is 5.91 Å². The van der Waals surface area contributed by atoms with E-state index in [2.05, 4.69) is 15.3 Å². The monoisotopic (exact) mass is 398 g/mol. The number of halogens is 3. The fraction of sp³-hybridized carbons (Fsp3) is 0.222. The highest BCUT2D eigenvalue weighted by molar-refractivity contribution is 6.32. The van der Waals surface area contributed by atoms with Gasteiger partial charge in [-0.1, -0.05) is 11.6 Å². The molecule has 6 nitrogen and oxygen atoms in total. The van der Waals surface area contributed by atoms with E-state index in [1.54, 1.807) is 24.3 Å². The molecule has 2 aromatic rings. The van der Waals surface area contributed by atoms with Crippen molar-refractivity contribution in [2.45, 2.75) is 13.5 Å². The van der Waals surface area contributed by atoms with E-state index < -0.39 is 12.5 Å². The standard InChI is InChI=1S/C18H17ClF2N2O4/c1-3-26-13-6-4-12(5-7-13)17(24)23-22-10-11-8-14(19)16(27-18(20)21)15(9-11)25-2/h4-10,18H,3H2,1-2H3,(H,23,24)/b22-10-. The average molecular weight is 399 g/mol. The minimum atomic E-state index is -3.04. The molecule has 0 spiro atoms. The molecule has 0 heterocycles. The molecule has 0 bridgehead atoms. The van der Waals surface area contributed by atoms with Crippen LogP contribution in [0.4, 0.5) is 8.78 Å². The second-order valence-corrected chi connectivity index (χ2v) is 5.48. The van der Waals surface area contributed by atoms with Gasteiger partial charge in [-0.15, -0.1) is 0 Å². The lowest BCUT2D eigenvalue weighted by molar-refractivity contribution is -0.0511. The number of carbonyl (C=O) groups is 1. The molecule has 0 aliphatic carbocycles. The van der Waals surface area contributed by atoms with Crippen LogP contribution in [0.15, 0.2) is 41.5 Å². The zero-order chi connectivity index (χ0) is 19.8. The van der Waals surface area contributed by atoms with Crippen LogP contribution < -0.4 is 19.6 Å². The lowest BCUT2D eigenvalue weighted by atomic mass is 10.2. The van der Waals surface area contributed by atoms with Crippen LogP contribution in [0, 0.1) is 0 Å². The number of amides is 1. The maximum atomic E-state index is 12.4. The van der Waals surface area contributed by atoms with Crippen molar-refractivity contribution in [1.82, 2.24) is 5.43 Å². The second-order valence-electron chi connectivity index (χ2n) is 5.07. The van der Waals surface area contributed by atoms with E-state index in [1.807, 2.05) is 6.92 Å². The van der Waals surface area contributed by atoms with Crippen LogP contribution in [-0.4, -0.2) is 32.4 Å². The van der Waals surface area contributed by atoms with Crippen LogP contribution in [0.25, 0.3) is 0 Å². The van der Waals surface area contributed by atoms with Crippen LogP contribution >= 0.6 is 11.6 Å². The summed E-state index contributed by atoms with van der Waals surface area (Å²) in [5.74, 6) is -0.0257. The number of benzene rings is 2. The largest absolute Gasteiger partial charge is 0.494 e. The third kappa shape index (κ3) is 5.82. The SMILES string of the molecule is CCOc1ccc(C(=O)N/N=C\c2cc(Cl)c(OC(F)F)c(OC)c2)cc1. The van der Waals surface area contributed by atoms with Crippen LogP contribution in [0.1, 0.15) is 22.8 Å². The molecule has 0 fully saturated rings. The lowest BCUT2D eigenvalue weighted by Gasteiger charge is -2.12. The summed E-state index contributed by atoms with van der Waals surface area (Å²) in [6.45, 7) is -0.643. The molecule has 1 amide bonds. The van der Waals surface area contributed by atoms with Gasteiger partial charge in [0.15, 0.2) is 11.5 Å². The number of carbonyl (C=O) groups excluding carboxylic acids is 1. The molecule has 9 heteroatoms. The molecule has 0 saturated heterocycles. The normalized spacial score (nSPS) is 10.9. The summed E-state index contributed by atoms with van der Waals surface area (Å²) in [7, 11) is 1.29. The predicted octanol–water partition coefficient (Wildman–Crippen LogP) is 4.11. The van der Waals surface area contributed by atoms with Gasteiger partial charge >= 0.3 is 6.61 Å². The first kappa shape index (κ1) is 20.4. The maximum absolute atomic E-state index is 12.4.